The Morgan fingerprint density at radius 3 is 2.00 bits per heavy atom. The number of carboxylic acids is 1. The van der Waals surface area contributed by atoms with Gasteiger partial charge in [-0.25, -0.2) is 0 Å². The van der Waals surface area contributed by atoms with Crippen molar-refractivity contribution in [2.45, 2.75) is 20.3 Å². The molecular weight excluding hydrogens is 320 g/mol. The van der Waals surface area contributed by atoms with Gasteiger partial charge in [-0.05, 0) is 42.5 Å². The standard InChI is InChI=1S/C19H22N2O4/c1-10(2)17(22)20-13-5-7-14(8-6-13)21-18(23)15-11-3-4-12(9-11)16(15)19(24)25/h3-8,10-12,15-16H,9H2,1-2H3,(H,20,22)(H,21,23)(H,24,25)/t11-,12-,15-,16-/m0/s1. The highest BCUT2D eigenvalue weighted by Gasteiger charge is 2.51. The van der Waals surface area contributed by atoms with Crippen molar-refractivity contribution in [3.05, 3.63) is 36.4 Å². The van der Waals surface area contributed by atoms with Crippen LogP contribution in [0.15, 0.2) is 36.4 Å². The Hall–Kier alpha value is -2.63. The lowest BCUT2D eigenvalue weighted by atomic mass is 9.82. The van der Waals surface area contributed by atoms with E-state index in [9.17, 15) is 19.5 Å². The first-order chi connectivity index (χ1) is 11.9. The summed E-state index contributed by atoms with van der Waals surface area (Å²) < 4.78 is 0. The van der Waals surface area contributed by atoms with Crippen molar-refractivity contribution in [1.82, 2.24) is 0 Å². The van der Waals surface area contributed by atoms with Crippen LogP contribution in [0.3, 0.4) is 0 Å². The number of carbonyl (C=O) groups is 3. The molecule has 0 spiro atoms. The van der Waals surface area contributed by atoms with Gasteiger partial charge in [-0.3, -0.25) is 14.4 Å². The fraction of sp³-hybridized carbons (Fsp3) is 0.421. The predicted molar refractivity (Wildman–Crippen MR) is 93.9 cm³/mol. The summed E-state index contributed by atoms with van der Waals surface area (Å²) in [6.45, 7) is 3.62. The van der Waals surface area contributed by atoms with E-state index in [1.165, 1.54) is 0 Å². The van der Waals surface area contributed by atoms with Crippen LogP contribution < -0.4 is 10.6 Å². The van der Waals surface area contributed by atoms with E-state index in [1.807, 2.05) is 26.0 Å². The summed E-state index contributed by atoms with van der Waals surface area (Å²) in [6, 6.07) is 6.83. The van der Waals surface area contributed by atoms with Gasteiger partial charge in [0.1, 0.15) is 0 Å². The van der Waals surface area contributed by atoms with Crippen molar-refractivity contribution in [2.24, 2.45) is 29.6 Å². The van der Waals surface area contributed by atoms with E-state index in [2.05, 4.69) is 10.6 Å². The molecule has 132 valence electrons. The highest BCUT2D eigenvalue weighted by atomic mass is 16.4. The number of nitrogens with one attached hydrogen (secondary N) is 2. The Morgan fingerprint density at radius 1 is 0.960 bits per heavy atom. The number of rotatable bonds is 5. The minimum Gasteiger partial charge on any atom is -0.481 e. The number of carboxylic acid groups (broad SMARTS) is 1. The first kappa shape index (κ1) is 17.2. The average Bonchev–Trinajstić information content (AvgIpc) is 3.17. The molecule has 2 aliphatic carbocycles. The fourth-order valence-corrected chi connectivity index (χ4v) is 3.67. The maximum atomic E-state index is 12.6. The van der Waals surface area contributed by atoms with Gasteiger partial charge in [-0.15, -0.1) is 0 Å². The molecule has 3 N–H and O–H groups in total. The third-order valence-electron chi connectivity index (χ3n) is 4.99. The Bertz CT molecular complexity index is 723. The predicted octanol–water partition coefficient (Wildman–Crippen LogP) is 2.74. The van der Waals surface area contributed by atoms with Crippen molar-refractivity contribution in [2.75, 3.05) is 10.6 Å². The lowest BCUT2D eigenvalue weighted by Crippen LogP contribution is -2.36. The summed E-state index contributed by atoms with van der Waals surface area (Å²) in [5, 5.41) is 15.0. The number of benzene rings is 1. The number of fused-ring (bicyclic) bond motifs is 2. The van der Waals surface area contributed by atoms with E-state index in [-0.39, 0.29) is 29.6 Å². The second-order valence-corrected chi connectivity index (χ2v) is 7.05. The Kier molecular flexibility index (Phi) is 4.61. The molecular formula is C19H22N2O4. The number of hydrogen-bond donors (Lipinski definition) is 3. The SMILES string of the molecule is CC(C)C(=O)Nc1ccc(NC(=O)[C@@H]2[C@@H](C(=O)O)[C@H]3C=C[C@H]2C3)cc1. The van der Waals surface area contributed by atoms with Crippen LogP contribution in [-0.4, -0.2) is 22.9 Å². The van der Waals surface area contributed by atoms with Crippen molar-refractivity contribution in [3.63, 3.8) is 0 Å². The first-order valence-electron chi connectivity index (χ1n) is 8.49. The molecule has 6 heteroatoms. The minimum atomic E-state index is -0.913. The van der Waals surface area contributed by atoms with E-state index in [0.29, 0.717) is 11.4 Å². The molecule has 0 aromatic heterocycles. The molecule has 1 aromatic carbocycles. The second-order valence-electron chi connectivity index (χ2n) is 7.05. The zero-order chi connectivity index (χ0) is 18.1. The van der Waals surface area contributed by atoms with Crippen LogP contribution in [0.1, 0.15) is 20.3 Å². The number of aliphatic carboxylic acids is 1. The number of anilines is 2. The van der Waals surface area contributed by atoms with E-state index >= 15 is 0 Å². The maximum Gasteiger partial charge on any atom is 0.307 e. The van der Waals surface area contributed by atoms with Gasteiger partial charge >= 0.3 is 5.97 Å². The number of allylic oxidation sites excluding steroid dienone is 2. The van der Waals surface area contributed by atoms with Crippen LogP contribution in [0.4, 0.5) is 11.4 Å². The lowest BCUT2D eigenvalue weighted by Gasteiger charge is -2.23. The average molecular weight is 342 g/mol. The van der Waals surface area contributed by atoms with Gasteiger partial charge < -0.3 is 15.7 Å². The molecule has 25 heavy (non-hydrogen) atoms. The summed E-state index contributed by atoms with van der Waals surface area (Å²) in [4.78, 5) is 35.8. The van der Waals surface area contributed by atoms with Crippen LogP contribution in [0, 0.1) is 29.6 Å². The van der Waals surface area contributed by atoms with Crippen LogP contribution in [0.2, 0.25) is 0 Å². The zero-order valence-corrected chi connectivity index (χ0v) is 14.2. The molecule has 0 unspecified atom stereocenters. The molecule has 2 aliphatic rings. The fourth-order valence-electron chi connectivity index (χ4n) is 3.67. The Labute approximate surface area is 146 Å². The van der Waals surface area contributed by atoms with E-state index in [0.717, 1.165) is 6.42 Å². The van der Waals surface area contributed by atoms with Crippen LogP contribution in [0.25, 0.3) is 0 Å². The van der Waals surface area contributed by atoms with Gasteiger partial charge in [0.2, 0.25) is 11.8 Å². The van der Waals surface area contributed by atoms with E-state index < -0.39 is 17.8 Å². The summed E-state index contributed by atoms with van der Waals surface area (Å²) >= 11 is 0. The monoisotopic (exact) mass is 342 g/mol. The maximum absolute atomic E-state index is 12.6. The molecule has 0 saturated heterocycles. The normalized spacial score (nSPS) is 26.7. The van der Waals surface area contributed by atoms with Crippen molar-refractivity contribution >= 4 is 29.2 Å². The van der Waals surface area contributed by atoms with Crippen molar-refractivity contribution in [1.29, 1.82) is 0 Å². The molecule has 1 aromatic rings. The molecule has 1 saturated carbocycles. The summed E-state index contributed by atoms with van der Waals surface area (Å²) in [6.07, 6.45) is 4.60. The third-order valence-corrected chi connectivity index (χ3v) is 4.99. The summed E-state index contributed by atoms with van der Waals surface area (Å²) in [7, 11) is 0. The van der Waals surface area contributed by atoms with E-state index in [1.54, 1.807) is 24.3 Å². The number of hydrogen-bond acceptors (Lipinski definition) is 3. The first-order valence-corrected chi connectivity index (χ1v) is 8.49. The van der Waals surface area contributed by atoms with Gasteiger partial charge in [0.25, 0.3) is 0 Å². The largest absolute Gasteiger partial charge is 0.481 e. The topological polar surface area (TPSA) is 95.5 Å². The molecule has 1 fully saturated rings. The molecule has 0 heterocycles. The molecule has 0 aliphatic heterocycles. The highest BCUT2D eigenvalue weighted by molar-refractivity contribution is 5.97. The zero-order valence-electron chi connectivity index (χ0n) is 14.2. The summed E-state index contributed by atoms with van der Waals surface area (Å²) in [5.41, 5.74) is 1.24. The molecule has 2 amide bonds. The Morgan fingerprint density at radius 2 is 1.48 bits per heavy atom. The molecule has 0 radical (unpaired) electrons. The number of amides is 2. The molecule has 6 nitrogen and oxygen atoms in total. The Balaban J connectivity index is 1.66. The smallest absolute Gasteiger partial charge is 0.307 e. The van der Waals surface area contributed by atoms with Crippen molar-refractivity contribution < 1.29 is 19.5 Å². The quantitative estimate of drug-likeness (QED) is 0.717. The van der Waals surface area contributed by atoms with Gasteiger partial charge in [0.05, 0.1) is 11.8 Å². The highest BCUT2D eigenvalue weighted by Crippen LogP contribution is 2.48. The summed E-state index contributed by atoms with van der Waals surface area (Å²) in [5.74, 6) is -2.60. The van der Waals surface area contributed by atoms with Crippen LogP contribution >= 0.6 is 0 Å². The van der Waals surface area contributed by atoms with Gasteiger partial charge in [0, 0.05) is 17.3 Å². The van der Waals surface area contributed by atoms with Gasteiger partial charge in [-0.2, -0.15) is 0 Å². The molecule has 4 atom stereocenters. The third kappa shape index (κ3) is 3.43. The van der Waals surface area contributed by atoms with Gasteiger partial charge in [0.15, 0.2) is 0 Å². The second kappa shape index (κ2) is 6.70. The van der Waals surface area contributed by atoms with E-state index in [4.69, 9.17) is 0 Å². The lowest BCUT2D eigenvalue weighted by molar-refractivity contribution is -0.146. The number of carbonyl (C=O) groups excluding carboxylic acids is 2. The molecule has 2 bridgehead atoms. The van der Waals surface area contributed by atoms with Gasteiger partial charge in [-0.1, -0.05) is 26.0 Å². The minimum absolute atomic E-state index is 0.00398. The van der Waals surface area contributed by atoms with Crippen molar-refractivity contribution in [3.8, 4) is 0 Å². The van der Waals surface area contributed by atoms with Crippen LogP contribution in [0.5, 0.6) is 0 Å². The molecule has 3 rings (SSSR count). The van der Waals surface area contributed by atoms with Crippen LogP contribution in [-0.2, 0) is 14.4 Å².